The van der Waals surface area contributed by atoms with Gasteiger partial charge in [0.05, 0.1) is 4.90 Å². The fourth-order valence-electron chi connectivity index (χ4n) is 4.66. The topological polar surface area (TPSA) is 110 Å². The molecule has 1 unspecified atom stereocenters. The lowest BCUT2D eigenvalue weighted by molar-refractivity contribution is -0.141. The van der Waals surface area contributed by atoms with Gasteiger partial charge in [-0.1, -0.05) is 18.6 Å². The minimum absolute atomic E-state index is 0.0556. The van der Waals surface area contributed by atoms with Crippen LogP contribution in [0, 0.1) is 11.6 Å². The quantitative estimate of drug-likeness (QED) is 0.717. The summed E-state index contributed by atoms with van der Waals surface area (Å²) in [7, 11) is -3.43. The molecule has 0 radical (unpaired) electrons. The molecule has 1 saturated carbocycles. The molecule has 2 aliphatic rings. The van der Waals surface area contributed by atoms with E-state index in [1.54, 1.807) is 0 Å². The molecule has 1 fully saturated rings. The van der Waals surface area contributed by atoms with Crippen molar-refractivity contribution in [2.24, 2.45) is 10.7 Å². The van der Waals surface area contributed by atoms with Crippen LogP contribution < -0.4 is 5.73 Å². The molecule has 7 nitrogen and oxygen atoms in total. The highest BCUT2D eigenvalue weighted by atomic mass is 32.2. The minimum Gasteiger partial charge on any atom is -0.368 e. The number of amides is 2. The predicted octanol–water partition coefficient (Wildman–Crippen LogP) is 2.89. The first kappa shape index (κ1) is 23.0. The molecular weight excluding hydrogens is 452 g/mol. The second-order valence-electron chi connectivity index (χ2n) is 8.48. The summed E-state index contributed by atoms with van der Waals surface area (Å²) in [6, 6.07) is 6.95. The molecule has 2 amide bonds. The third-order valence-corrected chi connectivity index (χ3v) is 7.26. The molecule has 0 aromatic heterocycles. The summed E-state index contributed by atoms with van der Waals surface area (Å²) < 4.78 is 51.5. The van der Waals surface area contributed by atoms with Gasteiger partial charge in [0.15, 0.2) is 9.84 Å². The van der Waals surface area contributed by atoms with Crippen molar-refractivity contribution in [2.75, 3.05) is 6.26 Å². The Balaban J connectivity index is 1.82. The van der Waals surface area contributed by atoms with E-state index in [1.165, 1.54) is 29.2 Å². The van der Waals surface area contributed by atoms with Crippen LogP contribution >= 0.6 is 0 Å². The average molecular weight is 476 g/mol. The van der Waals surface area contributed by atoms with Crippen LogP contribution in [0.2, 0.25) is 0 Å². The predicted molar refractivity (Wildman–Crippen MR) is 117 cm³/mol. The molecule has 1 aliphatic heterocycles. The van der Waals surface area contributed by atoms with Crippen LogP contribution in [-0.2, 0) is 19.4 Å². The summed E-state index contributed by atoms with van der Waals surface area (Å²) in [5.74, 6) is -3.31. The second kappa shape index (κ2) is 8.33. The summed E-state index contributed by atoms with van der Waals surface area (Å²) in [6.45, 7) is 0. The van der Waals surface area contributed by atoms with Gasteiger partial charge in [-0.15, -0.1) is 0 Å². The summed E-state index contributed by atoms with van der Waals surface area (Å²) in [5, 5.41) is 0. The zero-order valence-electron chi connectivity index (χ0n) is 17.9. The van der Waals surface area contributed by atoms with Crippen LogP contribution in [0.1, 0.15) is 49.3 Å². The Labute approximate surface area is 190 Å². The molecular formula is C23H23F2N3O4S. The lowest BCUT2D eigenvalue weighted by Crippen LogP contribution is -2.53. The maximum absolute atomic E-state index is 14.0. The fraction of sp³-hybridized carbons (Fsp3) is 0.348. The van der Waals surface area contributed by atoms with Gasteiger partial charge in [-0.2, -0.15) is 0 Å². The van der Waals surface area contributed by atoms with E-state index in [1.807, 2.05) is 0 Å². The van der Waals surface area contributed by atoms with Crippen molar-refractivity contribution in [3.63, 3.8) is 0 Å². The number of halogens is 2. The van der Waals surface area contributed by atoms with E-state index in [2.05, 4.69) is 0 Å². The second-order valence-corrected chi connectivity index (χ2v) is 10.5. The zero-order valence-corrected chi connectivity index (χ0v) is 18.7. The molecule has 1 aliphatic carbocycles. The summed E-state index contributed by atoms with van der Waals surface area (Å²) in [4.78, 5) is 32.2. The molecule has 1 atom stereocenters. The summed E-state index contributed by atoms with van der Waals surface area (Å²) >= 11 is 0. The van der Waals surface area contributed by atoms with Crippen molar-refractivity contribution in [1.29, 1.82) is 0 Å². The van der Waals surface area contributed by atoms with Gasteiger partial charge in [0, 0.05) is 17.9 Å². The van der Waals surface area contributed by atoms with Gasteiger partial charge in [0.25, 0.3) is 5.91 Å². The number of hydrogen-bond acceptors (Lipinski definition) is 5. The lowest BCUT2D eigenvalue weighted by Gasteiger charge is -2.42. The number of nitrogens with zero attached hydrogens (tertiary/aromatic N) is 2. The molecule has 2 aromatic rings. The number of carbonyl (C=O) groups excluding carboxylic acids is 2. The highest BCUT2D eigenvalue weighted by Gasteiger charge is 2.52. The van der Waals surface area contributed by atoms with Crippen molar-refractivity contribution in [3.8, 4) is 0 Å². The number of carbonyl (C=O) groups is 2. The van der Waals surface area contributed by atoms with Crippen LogP contribution in [-0.4, -0.2) is 42.8 Å². The SMILES string of the molecule is CS(=O)(=O)c1ccc(C2=NC3(CCCCC3)N(C(C(N)=O)c3cc(F)cc(F)c3)C2=O)cc1. The van der Waals surface area contributed by atoms with Crippen LogP contribution in [0.15, 0.2) is 52.4 Å². The first-order valence-corrected chi connectivity index (χ1v) is 12.4. The van der Waals surface area contributed by atoms with Gasteiger partial charge in [-0.05, 0) is 55.5 Å². The Morgan fingerprint density at radius 3 is 2.15 bits per heavy atom. The van der Waals surface area contributed by atoms with Crippen LogP contribution in [0.4, 0.5) is 8.78 Å². The Bertz CT molecular complexity index is 1230. The summed E-state index contributed by atoms with van der Waals surface area (Å²) in [5.41, 5.74) is 4.95. The fourth-order valence-corrected chi connectivity index (χ4v) is 5.29. The highest BCUT2D eigenvalue weighted by molar-refractivity contribution is 7.90. The van der Waals surface area contributed by atoms with E-state index in [4.69, 9.17) is 10.7 Å². The van der Waals surface area contributed by atoms with Gasteiger partial charge < -0.3 is 5.73 Å². The third kappa shape index (κ3) is 4.27. The van der Waals surface area contributed by atoms with Gasteiger partial charge in [-0.25, -0.2) is 17.2 Å². The van der Waals surface area contributed by atoms with Crippen molar-refractivity contribution in [1.82, 2.24) is 4.90 Å². The van der Waals surface area contributed by atoms with E-state index in [9.17, 15) is 26.8 Å². The standard InChI is InChI=1S/C23H23F2N3O4S/c1-33(31,32)18-7-5-14(6-8-18)19-22(30)28(23(27-19)9-3-2-4-10-23)20(21(26)29)15-11-16(24)13-17(25)12-15/h5-8,11-13,20H,2-4,9-10H2,1H3,(H2,26,29). The van der Waals surface area contributed by atoms with Crippen LogP contribution in [0.5, 0.6) is 0 Å². The molecule has 10 heteroatoms. The Morgan fingerprint density at radius 2 is 1.64 bits per heavy atom. The van der Waals surface area contributed by atoms with E-state index in [-0.39, 0.29) is 16.2 Å². The molecule has 33 heavy (non-hydrogen) atoms. The first-order chi connectivity index (χ1) is 15.5. The van der Waals surface area contributed by atoms with E-state index in [0.29, 0.717) is 24.5 Å². The molecule has 4 rings (SSSR count). The minimum atomic E-state index is -3.43. The van der Waals surface area contributed by atoms with E-state index in [0.717, 1.165) is 37.7 Å². The van der Waals surface area contributed by atoms with Crippen molar-refractivity contribution >= 4 is 27.4 Å². The Hall–Kier alpha value is -3.14. The molecule has 2 aromatic carbocycles. The maximum Gasteiger partial charge on any atom is 0.275 e. The number of sulfone groups is 1. The maximum atomic E-state index is 14.0. The highest BCUT2D eigenvalue weighted by Crippen LogP contribution is 2.44. The number of nitrogens with two attached hydrogens (primary N) is 1. The van der Waals surface area contributed by atoms with Gasteiger partial charge in [-0.3, -0.25) is 19.5 Å². The average Bonchev–Trinajstić information content (AvgIpc) is 2.99. The number of hydrogen-bond donors (Lipinski definition) is 1. The molecule has 0 bridgehead atoms. The lowest BCUT2D eigenvalue weighted by atomic mass is 9.86. The summed E-state index contributed by atoms with van der Waals surface area (Å²) in [6.07, 6.45) is 4.42. The van der Waals surface area contributed by atoms with Gasteiger partial charge >= 0.3 is 0 Å². The number of aliphatic imine (C=N–C) groups is 1. The third-order valence-electron chi connectivity index (χ3n) is 6.13. The normalized spacial score (nSPS) is 18.9. The molecule has 174 valence electrons. The molecule has 1 spiro atoms. The number of benzene rings is 2. The molecule has 0 saturated heterocycles. The van der Waals surface area contributed by atoms with Crippen LogP contribution in [0.25, 0.3) is 0 Å². The number of rotatable bonds is 5. The van der Waals surface area contributed by atoms with Crippen molar-refractivity contribution in [3.05, 3.63) is 65.2 Å². The zero-order chi connectivity index (χ0) is 24.0. The Morgan fingerprint density at radius 1 is 1.06 bits per heavy atom. The van der Waals surface area contributed by atoms with Gasteiger partial charge in [0.1, 0.15) is 29.1 Å². The Kier molecular flexibility index (Phi) is 5.81. The molecule has 1 heterocycles. The molecule has 2 N–H and O–H groups in total. The largest absolute Gasteiger partial charge is 0.368 e. The van der Waals surface area contributed by atoms with Gasteiger partial charge in [0.2, 0.25) is 5.91 Å². The number of primary amides is 1. The van der Waals surface area contributed by atoms with Crippen LogP contribution in [0.3, 0.4) is 0 Å². The first-order valence-electron chi connectivity index (χ1n) is 10.5. The smallest absolute Gasteiger partial charge is 0.275 e. The van der Waals surface area contributed by atoms with E-state index < -0.39 is 45.0 Å². The van der Waals surface area contributed by atoms with E-state index >= 15 is 0 Å². The monoisotopic (exact) mass is 475 g/mol. The van der Waals surface area contributed by atoms with Crippen molar-refractivity contribution in [2.45, 2.75) is 48.7 Å². The van der Waals surface area contributed by atoms with Crippen molar-refractivity contribution < 1.29 is 26.8 Å².